The molecule has 2 heterocycles. The monoisotopic (exact) mass is 271 g/mol. The van der Waals surface area contributed by atoms with Crippen molar-refractivity contribution in [3.05, 3.63) is 11.2 Å². The van der Waals surface area contributed by atoms with Gasteiger partial charge in [-0.05, 0) is 0 Å². The van der Waals surface area contributed by atoms with Gasteiger partial charge in [0.05, 0.1) is 13.5 Å². The van der Waals surface area contributed by atoms with Crippen molar-refractivity contribution in [2.24, 2.45) is 0 Å². The summed E-state index contributed by atoms with van der Waals surface area (Å²) in [6.45, 7) is 0. The van der Waals surface area contributed by atoms with E-state index in [-0.39, 0.29) is 11.6 Å². The van der Waals surface area contributed by atoms with E-state index in [4.69, 9.17) is 21.4 Å². The minimum absolute atomic E-state index is 0.184. The second-order valence-corrected chi connectivity index (χ2v) is 4.04. The largest absolute Gasteiger partial charge is 0.494 e. The number of aromatic nitrogens is 1. The third-order valence-electron chi connectivity index (χ3n) is 2.43. The van der Waals surface area contributed by atoms with E-state index in [0.717, 1.165) is 0 Å². The first kappa shape index (κ1) is 12.4. The first-order valence-corrected chi connectivity index (χ1v) is 5.42. The van der Waals surface area contributed by atoms with Gasteiger partial charge in [-0.25, -0.2) is 4.98 Å². The van der Waals surface area contributed by atoms with Gasteiger partial charge in [-0.3, -0.25) is 9.59 Å². The maximum absolute atomic E-state index is 11.7. The molecule has 1 atom stereocenters. The van der Waals surface area contributed by atoms with Crippen LogP contribution >= 0.6 is 11.6 Å². The fourth-order valence-electron chi connectivity index (χ4n) is 1.64. The molecule has 8 heteroatoms. The number of carboxylic acids is 1. The Bertz CT molecular complexity index is 520. The van der Waals surface area contributed by atoms with Crippen LogP contribution in [0, 0.1) is 0 Å². The lowest BCUT2D eigenvalue weighted by Gasteiger charge is -2.26. The maximum atomic E-state index is 11.7. The van der Waals surface area contributed by atoms with Gasteiger partial charge in [0.2, 0.25) is 5.91 Å². The first-order chi connectivity index (χ1) is 8.51. The van der Waals surface area contributed by atoms with E-state index in [9.17, 15) is 9.59 Å². The van der Waals surface area contributed by atoms with Gasteiger partial charge in [0.1, 0.15) is 22.6 Å². The van der Waals surface area contributed by atoms with Crippen LogP contribution in [0.4, 0.5) is 11.5 Å². The minimum Gasteiger partial charge on any atom is -0.494 e. The summed E-state index contributed by atoms with van der Waals surface area (Å²) < 4.78 is 5.06. The van der Waals surface area contributed by atoms with Crippen LogP contribution in [-0.2, 0) is 9.59 Å². The molecule has 3 N–H and O–H groups in total. The highest BCUT2D eigenvalue weighted by Crippen LogP contribution is 2.36. The highest BCUT2D eigenvalue weighted by molar-refractivity contribution is 6.30. The highest BCUT2D eigenvalue weighted by atomic mass is 35.5. The maximum Gasteiger partial charge on any atom is 0.305 e. The fourth-order valence-corrected chi connectivity index (χ4v) is 1.82. The third-order valence-corrected chi connectivity index (χ3v) is 2.62. The number of aliphatic carboxylic acids is 1. The van der Waals surface area contributed by atoms with Crippen LogP contribution in [-0.4, -0.2) is 35.1 Å². The Morgan fingerprint density at radius 1 is 1.67 bits per heavy atom. The van der Waals surface area contributed by atoms with E-state index in [0.29, 0.717) is 17.3 Å². The van der Waals surface area contributed by atoms with Gasteiger partial charge < -0.3 is 20.5 Å². The predicted molar refractivity (Wildman–Crippen MR) is 64.1 cm³/mol. The third kappa shape index (κ3) is 2.30. The van der Waals surface area contributed by atoms with Crippen molar-refractivity contribution in [1.29, 1.82) is 0 Å². The lowest BCUT2D eigenvalue weighted by molar-refractivity contribution is -0.138. The normalized spacial score (nSPS) is 17.4. The van der Waals surface area contributed by atoms with E-state index in [1.54, 1.807) is 0 Å². The van der Waals surface area contributed by atoms with Crippen molar-refractivity contribution in [3.8, 4) is 5.75 Å². The lowest BCUT2D eigenvalue weighted by Crippen LogP contribution is -2.40. The molecule has 0 aliphatic carbocycles. The molecule has 0 aromatic carbocycles. The smallest absolute Gasteiger partial charge is 0.305 e. The van der Waals surface area contributed by atoms with Crippen LogP contribution in [0.1, 0.15) is 6.42 Å². The molecule has 0 unspecified atom stereocenters. The van der Waals surface area contributed by atoms with Crippen LogP contribution in [0.3, 0.4) is 0 Å². The molecule has 0 radical (unpaired) electrons. The number of anilines is 2. The molecule has 0 spiro atoms. The number of pyridine rings is 1. The Balaban J connectivity index is 2.36. The Kier molecular flexibility index (Phi) is 3.24. The van der Waals surface area contributed by atoms with E-state index in [1.807, 2.05) is 0 Å². The number of carbonyl (C=O) groups excluding carboxylic acids is 1. The number of nitrogens with zero attached hydrogens (tertiary/aromatic N) is 1. The standard InChI is InChI=1S/C10H10ClN3O4/c1-18-5-3-6(11)13-9-8(5)14-10(17)4(12-9)2-7(15)16/h3-4H,2H2,1H3,(H,12,13)(H,14,17)(H,15,16)/t4-/m0/s1. The van der Waals surface area contributed by atoms with Crippen molar-refractivity contribution in [1.82, 2.24) is 4.98 Å². The van der Waals surface area contributed by atoms with Gasteiger partial charge in [0, 0.05) is 6.07 Å². The molecule has 0 fully saturated rings. The molecule has 1 aliphatic heterocycles. The number of halogens is 1. The molecule has 0 saturated heterocycles. The number of amides is 1. The van der Waals surface area contributed by atoms with E-state index in [1.165, 1.54) is 13.2 Å². The van der Waals surface area contributed by atoms with Crippen molar-refractivity contribution in [2.45, 2.75) is 12.5 Å². The van der Waals surface area contributed by atoms with Crippen LogP contribution < -0.4 is 15.4 Å². The number of carbonyl (C=O) groups is 2. The number of rotatable bonds is 3. The molecule has 96 valence electrons. The zero-order chi connectivity index (χ0) is 13.3. The summed E-state index contributed by atoms with van der Waals surface area (Å²) in [4.78, 5) is 26.3. The molecule has 0 saturated carbocycles. The van der Waals surface area contributed by atoms with Crippen molar-refractivity contribution < 1.29 is 19.4 Å². The molecule has 1 aliphatic rings. The summed E-state index contributed by atoms with van der Waals surface area (Å²) in [5.41, 5.74) is 0.355. The van der Waals surface area contributed by atoms with Crippen molar-refractivity contribution >= 4 is 35.0 Å². The van der Waals surface area contributed by atoms with Crippen LogP contribution in [0.25, 0.3) is 0 Å². The van der Waals surface area contributed by atoms with Crippen molar-refractivity contribution in [2.75, 3.05) is 17.7 Å². The van der Waals surface area contributed by atoms with Gasteiger partial charge in [-0.15, -0.1) is 0 Å². The Morgan fingerprint density at radius 2 is 2.39 bits per heavy atom. The van der Waals surface area contributed by atoms with E-state index >= 15 is 0 Å². The first-order valence-electron chi connectivity index (χ1n) is 5.05. The Morgan fingerprint density at radius 3 is 3.00 bits per heavy atom. The topological polar surface area (TPSA) is 101 Å². The quantitative estimate of drug-likeness (QED) is 0.708. The summed E-state index contributed by atoms with van der Waals surface area (Å²) in [6.07, 6.45) is -0.345. The van der Waals surface area contributed by atoms with Gasteiger partial charge >= 0.3 is 5.97 Å². The highest BCUT2D eigenvalue weighted by Gasteiger charge is 2.30. The van der Waals surface area contributed by atoms with Gasteiger partial charge in [-0.1, -0.05) is 11.6 Å². The van der Waals surface area contributed by atoms with Gasteiger partial charge in [-0.2, -0.15) is 0 Å². The summed E-state index contributed by atoms with van der Waals surface area (Å²) in [5.74, 6) is -0.878. The molecule has 1 aromatic rings. The summed E-state index contributed by atoms with van der Waals surface area (Å²) >= 11 is 5.79. The molecule has 0 bridgehead atoms. The molecular weight excluding hydrogens is 262 g/mol. The zero-order valence-corrected chi connectivity index (χ0v) is 10.1. The number of ether oxygens (including phenoxy) is 1. The molecule has 1 aromatic heterocycles. The van der Waals surface area contributed by atoms with Gasteiger partial charge in [0.15, 0.2) is 5.82 Å². The SMILES string of the molecule is COc1cc(Cl)nc2c1NC(=O)[C@H](CC(=O)O)N2. The molecule has 18 heavy (non-hydrogen) atoms. The van der Waals surface area contributed by atoms with E-state index < -0.39 is 17.9 Å². The summed E-state index contributed by atoms with van der Waals surface area (Å²) in [7, 11) is 1.43. The van der Waals surface area contributed by atoms with Crippen LogP contribution in [0.5, 0.6) is 5.75 Å². The van der Waals surface area contributed by atoms with Crippen LogP contribution in [0.2, 0.25) is 5.15 Å². The Labute approximate surface area is 107 Å². The predicted octanol–water partition coefficient (Wildman–Crippen LogP) is 0.951. The number of nitrogens with one attached hydrogen (secondary N) is 2. The van der Waals surface area contributed by atoms with Crippen LogP contribution in [0.15, 0.2) is 6.07 Å². The number of methoxy groups -OCH3 is 1. The number of carboxylic acid groups (broad SMARTS) is 1. The zero-order valence-electron chi connectivity index (χ0n) is 9.36. The fraction of sp³-hybridized carbons (Fsp3) is 0.300. The average Bonchev–Trinajstić information content (AvgIpc) is 2.29. The average molecular weight is 272 g/mol. The minimum atomic E-state index is -1.08. The lowest BCUT2D eigenvalue weighted by atomic mass is 10.1. The molecule has 7 nitrogen and oxygen atoms in total. The number of fused-ring (bicyclic) bond motifs is 1. The number of hydrogen-bond acceptors (Lipinski definition) is 5. The molecule has 1 amide bonds. The summed E-state index contributed by atoms with van der Waals surface area (Å²) in [5, 5.41) is 14.2. The molecular formula is C10H10ClN3O4. The Hall–Kier alpha value is -2.02. The molecule has 2 rings (SSSR count). The second kappa shape index (κ2) is 4.69. The number of hydrogen-bond donors (Lipinski definition) is 3. The van der Waals surface area contributed by atoms with E-state index in [2.05, 4.69) is 15.6 Å². The van der Waals surface area contributed by atoms with Gasteiger partial charge in [0.25, 0.3) is 0 Å². The second-order valence-electron chi connectivity index (χ2n) is 3.65. The van der Waals surface area contributed by atoms with Crippen molar-refractivity contribution in [3.63, 3.8) is 0 Å². The summed E-state index contributed by atoms with van der Waals surface area (Å²) in [6, 6.07) is 0.575.